The van der Waals surface area contributed by atoms with Crippen LogP contribution >= 0.6 is 35.6 Å². The average Bonchev–Trinajstić information content (AvgIpc) is 3.07. The van der Waals surface area contributed by atoms with Gasteiger partial charge in [-0.15, -0.1) is 12.4 Å². The topological polar surface area (TPSA) is 91.8 Å². The first-order chi connectivity index (χ1) is 15.0. The number of nitrogens with one attached hydrogen (secondary N) is 3. The van der Waals surface area contributed by atoms with Crippen molar-refractivity contribution in [3.05, 3.63) is 69.2 Å². The fraction of sp³-hybridized carbons (Fsp3) is 0.318. The van der Waals surface area contributed by atoms with E-state index in [1.54, 1.807) is 24.3 Å². The molecule has 170 valence electrons. The van der Waals surface area contributed by atoms with Crippen molar-refractivity contribution in [2.24, 2.45) is 11.0 Å². The van der Waals surface area contributed by atoms with Crippen LogP contribution in [0.3, 0.4) is 0 Å². The van der Waals surface area contributed by atoms with Crippen LogP contribution in [0, 0.1) is 5.92 Å². The molecule has 32 heavy (non-hydrogen) atoms. The third kappa shape index (κ3) is 5.79. The number of halogens is 3. The van der Waals surface area contributed by atoms with Gasteiger partial charge in [0.2, 0.25) is 5.91 Å². The van der Waals surface area contributed by atoms with E-state index in [4.69, 9.17) is 27.9 Å². The first-order valence-corrected chi connectivity index (χ1v) is 10.8. The molecule has 1 fully saturated rings. The van der Waals surface area contributed by atoms with Crippen molar-refractivity contribution in [3.63, 3.8) is 0 Å². The first kappa shape index (κ1) is 24.5. The van der Waals surface area contributed by atoms with E-state index in [0.29, 0.717) is 41.0 Å². The Hall–Kier alpha value is -2.16. The summed E-state index contributed by atoms with van der Waals surface area (Å²) in [6.07, 6.45) is -0.0112. The molecule has 10 heteroatoms. The molecule has 2 amide bonds. The number of benzene rings is 2. The molecule has 3 N–H and O–H groups in total. The van der Waals surface area contributed by atoms with Crippen LogP contribution in [0.1, 0.15) is 34.0 Å². The minimum atomic E-state index is -0.221. The molecule has 2 atom stereocenters. The number of nitrogens with zero attached hydrogens (tertiary/aromatic N) is 1. The van der Waals surface area contributed by atoms with Gasteiger partial charge in [0.25, 0.3) is 5.91 Å². The molecule has 0 spiro atoms. The summed E-state index contributed by atoms with van der Waals surface area (Å²) < 4.78 is 6.06. The molecule has 4 rings (SSSR count). The molecule has 7 nitrogen and oxygen atoms in total. The monoisotopic (exact) mass is 496 g/mol. The SMILES string of the molecule is Cl.O=C1CC(c2cccc(C(=O)NC[C@@H]3CNCCO[C@H]3c3ccc(Cl)c(Cl)c3)c2)=NN1. The van der Waals surface area contributed by atoms with Gasteiger partial charge < -0.3 is 15.4 Å². The second-order valence-electron chi connectivity index (χ2n) is 7.49. The van der Waals surface area contributed by atoms with E-state index in [9.17, 15) is 9.59 Å². The summed E-state index contributed by atoms with van der Waals surface area (Å²) in [5.41, 5.74) is 5.24. The van der Waals surface area contributed by atoms with Crippen molar-refractivity contribution in [1.82, 2.24) is 16.1 Å². The number of hydrogen-bond donors (Lipinski definition) is 3. The van der Waals surface area contributed by atoms with Crippen LogP contribution in [0.5, 0.6) is 0 Å². The number of hydrogen-bond acceptors (Lipinski definition) is 5. The fourth-order valence-electron chi connectivity index (χ4n) is 3.72. The average molecular weight is 498 g/mol. The highest BCUT2D eigenvalue weighted by molar-refractivity contribution is 6.42. The van der Waals surface area contributed by atoms with E-state index in [-0.39, 0.29) is 42.7 Å². The predicted molar refractivity (Wildman–Crippen MR) is 127 cm³/mol. The van der Waals surface area contributed by atoms with Gasteiger partial charge in [0.1, 0.15) is 0 Å². The highest BCUT2D eigenvalue weighted by Crippen LogP contribution is 2.32. The van der Waals surface area contributed by atoms with Crippen molar-refractivity contribution in [1.29, 1.82) is 0 Å². The molecule has 0 bridgehead atoms. The molecule has 2 aromatic carbocycles. The van der Waals surface area contributed by atoms with Gasteiger partial charge in [-0.1, -0.05) is 41.4 Å². The van der Waals surface area contributed by atoms with E-state index < -0.39 is 0 Å². The fourth-order valence-corrected chi connectivity index (χ4v) is 4.03. The zero-order chi connectivity index (χ0) is 21.8. The standard InChI is InChI=1S/C22H22Cl2N4O3.ClH/c23-17-5-4-14(9-18(17)24)21-16(11-25-6-7-31-21)12-26-22(30)15-3-1-2-13(8-15)19-10-20(29)28-27-19;/h1-5,8-9,16,21,25H,6-7,10-12H2,(H,26,30)(H,28,29);1H/t16-,21-;/m0./s1. The van der Waals surface area contributed by atoms with Crippen LogP contribution in [0.2, 0.25) is 10.0 Å². The van der Waals surface area contributed by atoms with Gasteiger partial charge >= 0.3 is 0 Å². The lowest BCUT2D eigenvalue weighted by Gasteiger charge is -2.25. The maximum absolute atomic E-state index is 12.8. The Morgan fingerprint density at radius 3 is 2.78 bits per heavy atom. The Morgan fingerprint density at radius 2 is 2.03 bits per heavy atom. The molecule has 0 radical (unpaired) electrons. The Morgan fingerprint density at radius 1 is 1.19 bits per heavy atom. The van der Waals surface area contributed by atoms with Crippen LogP contribution in [0.15, 0.2) is 47.6 Å². The summed E-state index contributed by atoms with van der Waals surface area (Å²) in [6.45, 7) is 2.41. The van der Waals surface area contributed by atoms with E-state index in [2.05, 4.69) is 21.2 Å². The number of carbonyl (C=O) groups excluding carboxylic acids is 2. The minimum absolute atomic E-state index is 0. The molecule has 0 aliphatic carbocycles. The van der Waals surface area contributed by atoms with Crippen molar-refractivity contribution >= 4 is 53.1 Å². The largest absolute Gasteiger partial charge is 0.372 e. The van der Waals surface area contributed by atoms with Gasteiger partial charge in [-0.05, 0) is 35.4 Å². The number of amides is 2. The van der Waals surface area contributed by atoms with Crippen molar-refractivity contribution < 1.29 is 14.3 Å². The van der Waals surface area contributed by atoms with Gasteiger partial charge in [-0.2, -0.15) is 5.10 Å². The summed E-state index contributed by atoms with van der Waals surface area (Å²) in [5, 5.41) is 11.3. The zero-order valence-corrected chi connectivity index (χ0v) is 19.4. The molecule has 0 aromatic heterocycles. The molecule has 0 unspecified atom stereocenters. The minimum Gasteiger partial charge on any atom is -0.372 e. The van der Waals surface area contributed by atoms with E-state index in [1.165, 1.54) is 0 Å². The van der Waals surface area contributed by atoms with Crippen molar-refractivity contribution in [3.8, 4) is 0 Å². The van der Waals surface area contributed by atoms with Crippen LogP contribution in [-0.4, -0.2) is 43.8 Å². The van der Waals surface area contributed by atoms with Gasteiger partial charge in [0, 0.05) is 31.1 Å². The molecule has 2 aliphatic heterocycles. The molecule has 2 aliphatic rings. The zero-order valence-electron chi connectivity index (χ0n) is 17.1. The van der Waals surface area contributed by atoms with Crippen LogP contribution in [-0.2, 0) is 9.53 Å². The molecule has 2 heterocycles. The summed E-state index contributed by atoms with van der Waals surface area (Å²) >= 11 is 12.3. The van der Waals surface area contributed by atoms with E-state index >= 15 is 0 Å². The second kappa shape index (κ2) is 11.1. The Bertz CT molecular complexity index is 1030. The molecular weight excluding hydrogens is 475 g/mol. The van der Waals surface area contributed by atoms with E-state index in [0.717, 1.165) is 17.7 Å². The lowest BCUT2D eigenvalue weighted by Crippen LogP contribution is -2.36. The lowest BCUT2D eigenvalue weighted by atomic mass is 9.95. The molecular formula is C22H23Cl3N4O3. The third-order valence-electron chi connectivity index (χ3n) is 5.31. The highest BCUT2D eigenvalue weighted by atomic mass is 35.5. The normalized spacial score (nSPS) is 20.6. The van der Waals surface area contributed by atoms with Crippen LogP contribution in [0.25, 0.3) is 0 Å². The molecule has 1 saturated heterocycles. The summed E-state index contributed by atoms with van der Waals surface area (Å²) in [7, 11) is 0. The maximum atomic E-state index is 12.8. The number of ether oxygens (including phenoxy) is 1. The number of hydrazone groups is 1. The van der Waals surface area contributed by atoms with Crippen molar-refractivity contribution in [2.75, 3.05) is 26.2 Å². The predicted octanol–water partition coefficient (Wildman–Crippen LogP) is 3.35. The van der Waals surface area contributed by atoms with Crippen molar-refractivity contribution in [2.45, 2.75) is 12.5 Å². The smallest absolute Gasteiger partial charge is 0.251 e. The summed E-state index contributed by atoms with van der Waals surface area (Å²) in [4.78, 5) is 24.2. The number of rotatable bonds is 5. The van der Waals surface area contributed by atoms with Gasteiger partial charge in [-0.25, -0.2) is 5.43 Å². The Kier molecular flexibility index (Phi) is 8.51. The van der Waals surface area contributed by atoms with Gasteiger partial charge in [0.05, 0.1) is 34.9 Å². The maximum Gasteiger partial charge on any atom is 0.251 e. The van der Waals surface area contributed by atoms with Crippen LogP contribution < -0.4 is 16.1 Å². The lowest BCUT2D eigenvalue weighted by molar-refractivity contribution is -0.119. The first-order valence-electron chi connectivity index (χ1n) is 10.0. The van der Waals surface area contributed by atoms with E-state index in [1.807, 2.05) is 18.2 Å². The second-order valence-corrected chi connectivity index (χ2v) is 8.30. The summed E-state index contributed by atoms with van der Waals surface area (Å²) in [5.74, 6) is -0.344. The highest BCUT2D eigenvalue weighted by Gasteiger charge is 2.27. The van der Waals surface area contributed by atoms with Gasteiger partial charge in [0.15, 0.2) is 0 Å². The third-order valence-corrected chi connectivity index (χ3v) is 6.05. The molecule has 0 saturated carbocycles. The Labute approximate surface area is 202 Å². The quantitative estimate of drug-likeness (QED) is 0.591. The molecule has 2 aromatic rings. The van der Waals surface area contributed by atoms with Crippen LogP contribution in [0.4, 0.5) is 0 Å². The van der Waals surface area contributed by atoms with Gasteiger partial charge in [-0.3, -0.25) is 9.59 Å². The summed E-state index contributed by atoms with van der Waals surface area (Å²) in [6, 6.07) is 12.6. The number of carbonyl (C=O) groups is 2. The Balaban J connectivity index is 0.00000289.